The lowest BCUT2D eigenvalue weighted by Gasteiger charge is -2.27. The lowest BCUT2D eigenvalue weighted by molar-refractivity contribution is 0.104. The van der Waals surface area contributed by atoms with Gasteiger partial charge in [-0.2, -0.15) is 0 Å². The number of aliphatic hydroxyl groups is 1. The minimum Gasteiger partial charge on any atom is -0.385 e. The van der Waals surface area contributed by atoms with Crippen molar-refractivity contribution >= 4 is 0 Å². The van der Waals surface area contributed by atoms with E-state index in [-0.39, 0.29) is 12.1 Å². The van der Waals surface area contributed by atoms with Gasteiger partial charge in [0, 0.05) is 18.2 Å². The van der Waals surface area contributed by atoms with Crippen molar-refractivity contribution in [2.24, 2.45) is 0 Å². The highest BCUT2D eigenvalue weighted by atomic mass is 19.1. The summed E-state index contributed by atoms with van der Waals surface area (Å²) < 4.78 is 39.8. The van der Waals surface area contributed by atoms with Crippen LogP contribution in [0.15, 0.2) is 36.5 Å². The lowest BCUT2D eigenvalue weighted by Crippen LogP contribution is -2.28. The fourth-order valence-corrected chi connectivity index (χ4v) is 2.18. The zero-order valence-electron chi connectivity index (χ0n) is 12.3. The van der Waals surface area contributed by atoms with Gasteiger partial charge >= 0.3 is 0 Å². The smallest absolute Gasteiger partial charge is 0.141 e. The van der Waals surface area contributed by atoms with Gasteiger partial charge in [-0.1, -0.05) is 0 Å². The summed E-state index contributed by atoms with van der Waals surface area (Å²) in [5.74, 6) is -1.51. The Labute approximate surface area is 127 Å². The second-order valence-corrected chi connectivity index (χ2v) is 5.20. The number of likely N-dealkylation sites (N-methyl/N-ethyl adjacent to an activating group) is 1. The number of benzene rings is 1. The number of rotatable bonds is 5. The summed E-state index contributed by atoms with van der Waals surface area (Å²) in [7, 11) is 1.68. The molecule has 0 unspecified atom stereocenters. The molecule has 22 heavy (non-hydrogen) atoms. The number of hydrogen-bond donors (Lipinski definition) is 1. The lowest BCUT2D eigenvalue weighted by atomic mass is 10.1. The minimum absolute atomic E-state index is 0.149. The van der Waals surface area contributed by atoms with Crippen LogP contribution in [0.1, 0.15) is 30.3 Å². The van der Waals surface area contributed by atoms with Crippen LogP contribution in [0.3, 0.4) is 0 Å². The Bertz CT molecular complexity index is 634. The van der Waals surface area contributed by atoms with E-state index in [1.807, 2.05) is 0 Å². The molecular weight excluding hydrogens is 293 g/mol. The fraction of sp³-hybridized carbons (Fsp3) is 0.312. The molecule has 3 nitrogen and oxygen atoms in total. The maximum absolute atomic E-state index is 13.8. The number of aliphatic hydroxyl groups excluding tert-OH is 1. The van der Waals surface area contributed by atoms with Crippen LogP contribution >= 0.6 is 0 Å². The predicted molar refractivity (Wildman–Crippen MR) is 76.6 cm³/mol. The van der Waals surface area contributed by atoms with Crippen molar-refractivity contribution in [3.8, 4) is 0 Å². The maximum atomic E-state index is 13.8. The summed E-state index contributed by atoms with van der Waals surface area (Å²) >= 11 is 0. The second-order valence-electron chi connectivity index (χ2n) is 5.20. The van der Waals surface area contributed by atoms with Crippen LogP contribution in [0.4, 0.5) is 13.2 Å². The van der Waals surface area contributed by atoms with Crippen LogP contribution in [0.5, 0.6) is 0 Å². The molecule has 1 N–H and O–H groups in total. The molecule has 0 radical (unpaired) electrons. The van der Waals surface area contributed by atoms with Gasteiger partial charge in [-0.25, -0.2) is 13.2 Å². The molecular formula is C16H17F3N2O. The average molecular weight is 310 g/mol. The molecule has 0 bridgehead atoms. The van der Waals surface area contributed by atoms with Crippen LogP contribution < -0.4 is 0 Å². The van der Waals surface area contributed by atoms with Crippen molar-refractivity contribution in [3.05, 3.63) is 65.2 Å². The quantitative estimate of drug-likeness (QED) is 0.921. The van der Waals surface area contributed by atoms with Gasteiger partial charge in [0.2, 0.25) is 0 Å². The predicted octanol–water partition coefficient (Wildman–Crippen LogP) is 3.23. The standard InChI is InChI=1S/C16H17F3N2O/c1-10(13-7-11(17)3-5-14(13)19)21(2)9-16(22)15-6-4-12(18)8-20-15/h3-8,10,16,22H,9H2,1-2H3/t10-,16-/m1/s1. The Balaban J connectivity index is 2.09. The Morgan fingerprint density at radius 1 is 1.14 bits per heavy atom. The monoisotopic (exact) mass is 310 g/mol. The van der Waals surface area contributed by atoms with Crippen molar-refractivity contribution in [2.75, 3.05) is 13.6 Å². The molecule has 0 amide bonds. The first-order chi connectivity index (χ1) is 10.4. The molecule has 118 valence electrons. The summed E-state index contributed by atoms with van der Waals surface area (Å²) in [5, 5.41) is 10.1. The Kier molecular flexibility index (Phi) is 5.15. The zero-order valence-corrected chi connectivity index (χ0v) is 12.3. The number of hydrogen-bond acceptors (Lipinski definition) is 3. The van der Waals surface area contributed by atoms with Crippen LogP contribution in [0.2, 0.25) is 0 Å². The summed E-state index contributed by atoms with van der Waals surface area (Å²) in [5.41, 5.74) is 0.530. The molecule has 0 saturated heterocycles. The third kappa shape index (κ3) is 3.84. The van der Waals surface area contributed by atoms with E-state index in [4.69, 9.17) is 0 Å². The van der Waals surface area contributed by atoms with Crippen LogP contribution in [-0.4, -0.2) is 28.6 Å². The fourth-order valence-electron chi connectivity index (χ4n) is 2.18. The molecule has 1 aromatic heterocycles. The summed E-state index contributed by atoms with van der Waals surface area (Å²) in [6, 6.07) is 5.43. The molecule has 0 aliphatic carbocycles. The molecule has 2 rings (SSSR count). The molecule has 0 spiro atoms. The first-order valence-corrected chi connectivity index (χ1v) is 6.83. The third-order valence-electron chi connectivity index (χ3n) is 3.62. The van der Waals surface area contributed by atoms with E-state index in [9.17, 15) is 18.3 Å². The van der Waals surface area contributed by atoms with Gasteiger partial charge < -0.3 is 5.11 Å². The van der Waals surface area contributed by atoms with Gasteiger partial charge in [0.1, 0.15) is 23.6 Å². The van der Waals surface area contributed by atoms with Crippen LogP contribution in [0, 0.1) is 17.5 Å². The number of nitrogens with zero attached hydrogens (tertiary/aromatic N) is 2. The molecule has 6 heteroatoms. The average Bonchev–Trinajstić information content (AvgIpc) is 2.49. The summed E-state index contributed by atoms with van der Waals surface area (Å²) in [4.78, 5) is 5.48. The molecule has 1 aromatic carbocycles. The third-order valence-corrected chi connectivity index (χ3v) is 3.62. The maximum Gasteiger partial charge on any atom is 0.141 e. The topological polar surface area (TPSA) is 36.4 Å². The van der Waals surface area contributed by atoms with E-state index < -0.39 is 29.6 Å². The van der Waals surface area contributed by atoms with Crippen molar-refractivity contribution in [1.82, 2.24) is 9.88 Å². The minimum atomic E-state index is -0.954. The van der Waals surface area contributed by atoms with E-state index in [0.717, 1.165) is 24.4 Å². The molecule has 1 heterocycles. The van der Waals surface area contributed by atoms with Gasteiger partial charge in [0.05, 0.1) is 11.9 Å². The van der Waals surface area contributed by atoms with E-state index in [0.29, 0.717) is 5.69 Å². The Morgan fingerprint density at radius 2 is 1.82 bits per heavy atom. The summed E-state index contributed by atoms with van der Waals surface area (Å²) in [6.45, 7) is 1.86. The SMILES string of the molecule is C[C@H](c1cc(F)ccc1F)N(C)C[C@@H](O)c1ccc(F)cn1. The normalized spacial score (nSPS) is 14.1. The molecule has 0 fully saturated rings. The number of pyridine rings is 1. The van der Waals surface area contributed by atoms with Gasteiger partial charge in [-0.05, 0) is 44.3 Å². The Morgan fingerprint density at radius 3 is 2.45 bits per heavy atom. The van der Waals surface area contributed by atoms with Crippen molar-refractivity contribution in [3.63, 3.8) is 0 Å². The zero-order chi connectivity index (χ0) is 16.3. The second kappa shape index (κ2) is 6.89. The largest absolute Gasteiger partial charge is 0.385 e. The number of halogens is 3. The van der Waals surface area contributed by atoms with Crippen LogP contribution in [0.25, 0.3) is 0 Å². The van der Waals surface area contributed by atoms with Gasteiger partial charge in [0.25, 0.3) is 0 Å². The molecule has 2 aromatic rings. The first-order valence-electron chi connectivity index (χ1n) is 6.83. The van der Waals surface area contributed by atoms with Crippen molar-refractivity contribution in [1.29, 1.82) is 0 Å². The first kappa shape index (κ1) is 16.5. The van der Waals surface area contributed by atoms with E-state index in [2.05, 4.69) is 4.98 Å². The molecule has 0 aliphatic rings. The van der Waals surface area contributed by atoms with E-state index in [1.54, 1.807) is 18.9 Å². The summed E-state index contributed by atoms with van der Waals surface area (Å²) in [6.07, 6.45) is 0.0680. The highest BCUT2D eigenvalue weighted by Crippen LogP contribution is 2.24. The van der Waals surface area contributed by atoms with Crippen molar-refractivity contribution in [2.45, 2.75) is 19.1 Å². The number of aromatic nitrogens is 1. The highest BCUT2D eigenvalue weighted by molar-refractivity contribution is 5.22. The van der Waals surface area contributed by atoms with Crippen LogP contribution in [-0.2, 0) is 0 Å². The van der Waals surface area contributed by atoms with Crippen molar-refractivity contribution < 1.29 is 18.3 Å². The van der Waals surface area contributed by atoms with Gasteiger partial charge in [-0.3, -0.25) is 9.88 Å². The van der Waals surface area contributed by atoms with E-state index >= 15 is 0 Å². The molecule has 0 saturated carbocycles. The molecule has 2 atom stereocenters. The van der Waals surface area contributed by atoms with Gasteiger partial charge in [-0.15, -0.1) is 0 Å². The van der Waals surface area contributed by atoms with Gasteiger partial charge in [0.15, 0.2) is 0 Å². The van der Waals surface area contributed by atoms with E-state index in [1.165, 1.54) is 12.1 Å². The highest BCUT2D eigenvalue weighted by Gasteiger charge is 2.20. The Hall–Kier alpha value is -1.92. The molecule has 0 aliphatic heterocycles.